The first-order chi connectivity index (χ1) is 16.8. The van der Waals surface area contributed by atoms with Crippen molar-refractivity contribution < 1.29 is 9.90 Å². The van der Waals surface area contributed by atoms with Crippen molar-refractivity contribution in [3.8, 4) is 0 Å². The molecule has 0 unspecified atom stereocenters. The summed E-state index contributed by atoms with van der Waals surface area (Å²) < 4.78 is 0. The van der Waals surface area contributed by atoms with Gasteiger partial charge in [-0.05, 0) is 41.7 Å². The van der Waals surface area contributed by atoms with Crippen LogP contribution in [0.1, 0.15) is 43.7 Å². The van der Waals surface area contributed by atoms with Gasteiger partial charge >= 0.3 is 0 Å². The number of halogens is 1. The van der Waals surface area contributed by atoms with E-state index in [9.17, 15) is 15.3 Å². The van der Waals surface area contributed by atoms with Gasteiger partial charge in [-0.25, -0.2) is 0 Å². The van der Waals surface area contributed by atoms with E-state index in [1.54, 1.807) is 12.1 Å². The van der Waals surface area contributed by atoms with Crippen molar-refractivity contribution >= 4 is 34.7 Å². The summed E-state index contributed by atoms with van der Waals surface area (Å²) >= 11 is 6.17. The molecule has 0 bridgehead atoms. The number of Topliss-reactive ketones (excluding diaryl/α,β-unsaturated/α-hetero) is 1. The highest BCUT2D eigenvalue weighted by Crippen LogP contribution is 2.51. The van der Waals surface area contributed by atoms with Crippen molar-refractivity contribution in [2.75, 3.05) is 4.90 Å². The van der Waals surface area contributed by atoms with Gasteiger partial charge in [0.25, 0.3) is 0 Å². The predicted molar refractivity (Wildman–Crippen MR) is 142 cm³/mol. The average Bonchev–Trinajstić information content (AvgIpc) is 2.84. The Bertz CT molecular complexity index is 1360. The summed E-state index contributed by atoms with van der Waals surface area (Å²) in [5, 5.41) is 21.6. The Morgan fingerprint density at radius 2 is 1.54 bits per heavy atom. The maximum absolute atomic E-state index is 13.8. The number of aliphatic hydroxyl groups is 1. The average molecular weight is 483 g/mol. The fourth-order valence-corrected chi connectivity index (χ4v) is 5.35. The molecule has 1 heterocycles. The van der Waals surface area contributed by atoms with E-state index >= 15 is 0 Å². The Morgan fingerprint density at radius 1 is 0.943 bits per heavy atom. The number of carbonyl (C=O) groups is 1. The number of amidine groups is 1. The van der Waals surface area contributed by atoms with Gasteiger partial charge in [0, 0.05) is 45.5 Å². The van der Waals surface area contributed by atoms with Crippen LogP contribution in [0.5, 0.6) is 0 Å². The van der Waals surface area contributed by atoms with Gasteiger partial charge in [0.1, 0.15) is 11.6 Å². The molecule has 0 radical (unpaired) electrons. The lowest BCUT2D eigenvalue weighted by molar-refractivity contribution is -0.118. The van der Waals surface area contributed by atoms with Crippen LogP contribution < -0.4 is 4.90 Å². The van der Waals surface area contributed by atoms with Gasteiger partial charge in [0.05, 0.1) is 0 Å². The first kappa shape index (κ1) is 23.1. The number of nitrogens with one attached hydrogen (secondary N) is 1. The van der Waals surface area contributed by atoms with E-state index < -0.39 is 5.92 Å². The largest absolute Gasteiger partial charge is 0.507 e. The van der Waals surface area contributed by atoms with Crippen molar-refractivity contribution in [1.82, 2.24) is 0 Å². The number of hydrogen-bond donors (Lipinski definition) is 2. The van der Waals surface area contributed by atoms with Crippen LogP contribution in [-0.4, -0.2) is 16.7 Å². The van der Waals surface area contributed by atoms with Gasteiger partial charge in [0.2, 0.25) is 0 Å². The Morgan fingerprint density at radius 3 is 2.17 bits per heavy atom. The highest BCUT2D eigenvalue weighted by Gasteiger charge is 2.46. The van der Waals surface area contributed by atoms with E-state index in [2.05, 4.69) is 13.8 Å². The molecule has 1 aliphatic heterocycles. The second-order valence-corrected chi connectivity index (χ2v) is 10.4. The van der Waals surface area contributed by atoms with Crippen LogP contribution in [0.4, 0.5) is 5.69 Å². The Kier molecular flexibility index (Phi) is 5.86. The normalized spacial score (nSPS) is 21.1. The molecule has 2 N–H and O–H groups in total. The number of nitrogens with zero attached hydrogens (tertiary/aromatic N) is 1. The van der Waals surface area contributed by atoms with E-state index in [0.717, 1.165) is 16.9 Å². The quantitative estimate of drug-likeness (QED) is 0.379. The number of carbonyl (C=O) groups excluding carboxylic acids is 1. The summed E-state index contributed by atoms with van der Waals surface area (Å²) in [4.78, 5) is 15.6. The van der Waals surface area contributed by atoms with Crippen LogP contribution in [0.15, 0.2) is 102 Å². The summed E-state index contributed by atoms with van der Waals surface area (Å²) in [6.07, 6.45) is 1.05. The molecule has 0 aromatic heterocycles. The minimum Gasteiger partial charge on any atom is -0.507 e. The first-order valence-corrected chi connectivity index (χ1v) is 12.1. The highest BCUT2D eigenvalue weighted by molar-refractivity contribution is 6.30. The van der Waals surface area contributed by atoms with Crippen LogP contribution in [0.3, 0.4) is 0 Å². The zero-order valence-corrected chi connectivity index (χ0v) is 20.5. The molecule has 0 fully saturated rings. The van der Waals surface area contributed by atoms with Gasteiger partial charge in [-0.15, -0.1) is 0 Å². The highest BCUT2D eigenvalue weighted by atomic mass is 35.5. The third-order valence-corrected chi connectivity index (χ3v) is 6.99. The molecule has 5 heteroatoms. The van der Waals surface area contributed by atoms with Gasteiger partial charge in [0.15, 0.2) is 5.78 Å². The number of benzene rings is 3. The summed E-state index contributed by atoms with van der Waals surface area (Å²) in [6.45, 7) is 4.17. The van der Waals surface area contributed by atoms with Gasteiger partial charge in [-0.1, -0.05) is 86.1 Å². The van der Waals surface area contributed by atoms with Crippen LogP contribution in [0.25, 0.3) is 5.76 Å². The van der Waals surface area contributed by atoms with Crippen molar-refractivity contribution in [3.05, 3.63) is 118 Å². The number of hydrogen-bond acceptors (Lipinski definition) is 3. The van der Waals surface area contributed by atoms with Crippen LogP contribution in [0.2, 0.25) is 5.02 Å². The lowest BCUT2D eigenvalue weighted by Gasteiger charge is -2.45. The number of allylic oxidation sites excluding steroid dienone is 2. The molecule has 4 nitrogen and oxygen atoms in total. The third-order valence-electron chi connectivity index (χ3n) is 6.74. The molecule has 176 valence electrons. The molecule has 0 saturated carbocycles. The molecule has 3 aromatic rings. The SMILES string of the molecule is CC1(C)CC(=O)C2=C(C1)N(c1ccc(Cl)cc1)C(=N)C(=C(O)c1ccccc1)[C@H]2c1ccccc1. The molecule has 0 saturated heterocycles. The van der Waals surface area contributed by atoms with Crippen molar-refractivity contribution in [1.29, 1.82) is 5.41 Å². The van der Waals surface area contributed by atoms with E-state index in [1.165, 1.54) is 0 Å². The molecule has 1 atom stereocenters. The Hall–Kier alpha value is -3.63. The van der Waals surface area contributed by atoms with Crippen LogP contribution in [0, 0.1) is 10.8 Å². The van der Waals surface area contributed by atoms with E-state index in [1.807, 2.05) is 77.7 Å². The smallest absolute Gasteiger partial charge is 0.162 e. The maximum Gasteiger partial charge on any atom is 0.162 e. The Balaban J connectivity index is 1.84. The predicted octanol–water partition coefficient (Wildman–Crippen LogP) is 7.53. The van der Waals surface area contributed by atoms with Gasteiger partial charge < -0.3 is 5.11 Å². The number of aliphatic hydroxyl groups excluding tert-OH is 1. The fraction of sp³-hybridized carbons (Fsp3) is 0.200. The number of anilines is 1. The number of rotatable bonds is 3. The molecular weight excluding hydrogens is 456 g/mol. The Labute approximate surface area is 210 Å². The molecule has 3 aromatic carbocycles. The second kappa shape index (κ2) is 8.86. The van der Waals surface area contributed by atoms with Gasteiger partial charge in [-0.2, -0.15) is 0 Å². The second-order valence-electron chi connectivity index (χ2n) is 9.93. The van der Waals surface area contributed by atoms with Crippen molar-refractivity contribution in [2.45, 2.75) is 32.6 Å². The molecule has 0 spiro atoms. The topological polar surface area (TPSA) is 64.4 Å². The molecule has 5 rings (SSSR count). The number of ketones is 1. The zero-order chi connectivity index (χ0) is 24.7. The van der Waals surface area contributed by atoms with Crippen molar-refractivity contribution in [2.24, 2.45) is 5.41 Å². The fourth-order valence-electron chi connectivity index (χ4n) is 5.22. The summed E-state index contributed by atoms with van der Waals surface area (Å²) in [6, 6.07) is 26.2. The van der Waals surface area contributed by atoms with E-state index in [4.69, 9.17) is 11.6 Å². The molecular formula is C30H27ClN2O2. The summed E-state index contributed by atoms with van der Waals surface area (Å²) in [5.41, 5.74) is 3.87. The minimum absolute atomic E-state index is 0.00704. The zero-order valence-electron chi connectivity index (χ0n) is 19.8. The molecule has 1 aliphatic carbocycles. The van der Waals surface area contributed by atoms with Crippen LogP contribution >= 0.6 is 11.6 Å². The minimum atomic E-state index is -0.536. The van der Waals surface area contributed by atoms with E-state index in [-0.39, 0.29) is 22.8 Å². The van der Waals surface area contributed by atoms with Crippen LogP contribution in [-0.2, 0) is 4.79 Å². The van der Waals surface area contributed by atoms with Gasteiger partial charge in [-0.3, -0.25) is 15.1 Å². The third kappa shape index (κ3) is 4.19. The molecule has 35 heavy (non-hydrogen) atoms. The summed E-state index contributed by atoms with van der Waals surface area (Å²) in [5.74, 6) is -0.319. The van der Waals surface area contributed by atoms with Crippen molar-refractivity contribution in [3.63, 3.8) is 0 Å². The molecule has 0 amide bonds. The maximum atomic E-state index is 13.8. The van der Waals surface area contributed by atoms with E-state index in [0.29, 0.717) is 34.6 Å². The first-order valence-electron chi connectivity index (χ1n) is 11.7. The summed E-state index contributed by atoms with van der Waals surface area (Å²) in [7, 11) is 0. The monoisotopic (exact) mass is 482 g/mol. The lowest BCUT2D eigenvalue weighted by atomic mass is 9.67. The molecule has 2 aliphatic rings. The standard InChI is InChI=1S/C30H27ClN2O2/c1-30(2)17-23-26(24(34)18-30)25(19-9-5-3-6-10-19)27(28(35)20-11-7-4-8-12-20)29(32)33(23)22-15-13-21(31)14-16-22/h3-16,25,32,35H,17-18H2,1-2H3/t25-/m0/s1. The lowest BCUT2D eigenvalue weighted by Crippen LogP contribution is -2.45.